The van der Waals surface area contributed by atoms with Crippen LogP contribution in [-0.4, -0.2) is 11.8 Å². The number of hydrogen-bond acceptors (Lipinski definition) is 3. The van der Waals surface area contributed by atoms with Crippen molar-refractivity contribution in [3.05, 3.63) is 84.3 Å². The number of anilines is 2. The third-order valence-electron chi connectivity index (χ3n) is 3.38. The van der Waals surface area contributed by atoms with Crippen LogP contribution in [-0.2, 0) is 11.2 Å². The Hall–Kier alpha value is -3.34. The van der Waals surface area contributed by atoms with Crippen LogP contribution in [0.3, 0.4) is 0 Å². The molecule has 2 N–H and O–H groups in total. The number of amides is 2. The average Bonchev–Trinajstić information content (AvgIpc) is 3.12. The van der Waals surface area contributed by atoms with Gasteiger partial charge in [-0.15, -0.1) is 0 Å². The van der Waals surface area contributed by atoms with E-state index in [2.05, 4.69) is 10.6 Å². The normalized spacial score (nSPS) is 10.2. The summed E-state index contributed by atoms with van der Waals surface area (Å²) in [4.78, 5) is 23.9. The topological polar surface area (TPSA) is 71.3 Å². The van der Waals surface area contributed by atoms with E-state index in [9.17, 15) is 9.59 Å². The first kappa shape index (κ1) is 15.6. The van der Waals surface area contributed by atoms with E-state index in [0.29, 0.717) is 17.8 Å². The molecule has 3 aromatic rings. The van der Waals surface area contributed by atoms with Crippen LogP contribution in [0.5, 0.6) is 0 Å². The number of benzene rings is 2. The van der Waals surface area contributed by atoms with Crippen molar-refractivity contribution < 1.29 is 14.0 Å². The van der Waals surface area contributed by atoms with Gasteiger partial charge in [-0.3, -0.25) is 9.59 Å². The molecule has 0 radical (unpaired) electrons. The summed E-state index contributed by atoms with van der Waals surface area (Å²) in [7, 11) is 0. The van der Waals surface area contributed by atoms with Gasteiger partial charge >= 0.3 is 0 Å². The fourth-order valence-corrected chi connectivity index (χ4v) is 2.22. The Kier molecular flexibility index (Phi) is 4.72. The first-order valence-electron chi connectivity index (χ1n) is 7.49. The molecule has 0 saturated heterocycles. The zero-order valence-corrected chi connectivity index (χ0v) is 12.9. The van der Waals surface area contributed by atoms with Crippen molar-refractivity contribution in [2.45, 2.75) is 6.42 Å². The van der Waals surface area contributed by atoms with E-state index >= 15 is 0 Å². The number of nitrogens with one attached hydrogen (secondary N) is 2. The van der Waals surface area contributed by atoms with Crippen molar-refractivity contribution in [3.63, 3.8) is 0 Å². The van der Waals surface area contributed by atoms with E-state index in [1.807, 2.05) is 30.3 Å². The Labute approximate surface area is 139 Å². The van der Waals surface area contributed by atoms with Gasteiger partial charge < -0.3 is 15.1 Å². The van der Waals surface area contributed by atoms with Gasteiger partial charge in [0.05, 0.1) is 12.7 Å². The van der Waals surface area contributed by atoms with Gasteiger partial charge in [0.25, 0.3) is 5.91 Å². The summed E-state index contributed by atoms with van der Waals surface area (Å²) in [5, 5.41) is 5.55. The highest BCUT2D eigenvalue weighted by Gasteiger charge is 2.09. The highest BCUT2D eigenvalue weighted by atomic mass is 16.3. The molecule has 120 valence electrons. The van der Waals surface area contributed by atoms with Crippen molar-refractivity contribution in [2.75, 3.05) is 10.6 Å². The number of furan rings is 1. The minimum Gasteiger partial charge on any atom is -0.459 e. The van der Waals surface area contributed by atoms with Crippen molar-refractivity contribution in [1.82, 2.24) is 0 Å². The maximum absolute atomic E-state index is 12.0. The molecule has 0 spiro atoms. The van der Waals surface area contributed by atoms with Crippen LogP contribution in [0.2, 0.25) is 0 Å². The van der Waals surface area contributed by atoms with E-state index in [1.165, 1.54) is 6.26 Å². The summed E-state index contributed by atoms with van der Waals surface area (Å²) < 4.78 is 5.03. The molecule has 0 aliphatic carbocycles. The third kappa shape index (κ3) is 4.10. The van der Waals surface area contributed by atoms with E-state index in [4.69, 9.17) is 4.42 Å². The lowest BCUT2D eigenvalue weighted by molar-refractivity contribution is -0.115. The van der Waals surface area contributed by atoms with Crippen LogP contribution in [0.15, 0.2) is 77.4 Å². The largest absolute Gasteiger partial charge is 0.459 e. The van der Waals surface area contributed by atoms with E-state index in [0.717, 1.165) is 5.56 Å². The van der Waals surface area contributed by atoms with Gasteiger partial charge in [-0.1, -0.05) is 30.3 Å². The van der Waals surface area contributed by atoms with E-state index in [1.54, 1.807) is 36.4 Å². The Morgan fingerprint density at radius 1 is 0.792 bits per heavy atom. The lowest BCUT2D eigenvalue weighted by Crippen LogP contribution is -2.14. The average molecular weight is 320 g/mol. The summed E-state index contributed by atoms with van der Waals surface area (Å²) in [6.45, 7) is 0. The second kappa shape index (κ2) is 7.28. The molecule has 24 heavy (non-hydrogen) atoms. The fourth-order valence-electron chi connectivity index (χ4n) is 2.22. The summed E-state index contributed by atoms with van der Waals surface area (Å²) in [6, 6.07) is 19.7. The molecule has 5 heteroatoms. The van der Waals surface area contributed by atoms with Crippen LogP contribution in [0.25, 0.3) is 0 Å². The molecule has 0 atom stereocenters. The molecule has 0 fully saturated rings. The SMILES string of the molecule is O=C(Cc1ccccc1)Nc1ccc(NC(=O)c2ccco2)cc1. The van der Waals surface area contributed by atoms with Crippen LogP contribution < -0.4 is 10.6 Å². The quantitative estimate of drug-likeness (QED) is 0.753. The minimum atomic E-state index is -0.319. The van der Waals surface area contributed by atoms with Gasteiger partial charge in [0.15, 0.2) is 5.76 Å². The van der Waals surface area contributed by atoms with Crippen LogP contribution in [0.4, 0.5) is 11.4 Å². The molecule has 0 aliphatic rings. The zero-order valence-electron chi connectivity index (χ0n) is 12.9. The molecule has 0 unspecified atom stereocenters. The zero-order chi connectivity index (χ0) is 16.8. The number of carbonyl (C=O) groups excluding carboxylic acids is 2. The highest BCUT2D eigenvalue weighted by molar-refractivity contribution is 6.02. The van der Waals surface area contributed by atoms with Crippen molar-refractivity contribution in [2.24, 2.45) is 0 Å². The van der Waals surface area contributed by atoms with Crippen molar-refractivity contribution in [3.8, 4) is 0 Å². The molecule has 5 nitrogen and oxygen atoms in total. The lowest BCUT2D eigenvalue weighted by atomic mass is 10.1. The Balaban J connectivity index is 1.56. The molecular formula is C19H16N2O3. The highest BCUT2D eigenvalue weighted by Crippen LogP contribution is 2.15. The molecule has 0 bridgehead atoms. The van der Waals surface area contributed by atoms with Crippen LogP contribution in [0.1, 0.15) is 16.1 Å². The van der Waals surface area contributed by atoms with Gasteiger partial charge in [-0.05, 0) is 42.0 Å². The smallest absolute Gasteiger partial charge is 0.291 e. The third-order valence-corrected chi connectivity index (χ3v) is 3.38. The molecule has 0 aliphatic heterocycles. The molecule has 0 saturated carbocycles. The van der Waals surface area contributed by atoms with Gasteiger partial charge in [0, 0.05) is 11.4 Å². The van der Waals surface area contributed by atoms with Crippen molar-refractivity contribution in [1.29, 1.82) is 0 Å². The molecular weight excluding hydrogens is 304 g/mol. The van der Waals surface area contributed by atoms with E-state index in [-0.39, 0.29) is 17.6 Å². The predicted octanol–water partition coefficient (Wildman–Crippen LogP) is 3.71. The van der Waals surface area contributed by atoms with Gasteiger partial charge in [0.1, 0.15) is 0 Å². The summed E-state index contributed by atoms with van der Waals surface area (Å²) in [6.07, 6.45) is 1.76. The fraction of sp³-hybridized carbons (Fsp3) is 0.0526. The van der Waals surface area contributed by atoms with Gasteiger partial charge in [-0.2, -0.15) is 0 Å². The lowest BCUT2D eigenvalue weighted by Gasteiger charge is -2.07. The Morgan fingerprint density at radius 3 is 2.08 bits per heavy atom. The maximum atomic E-state index is 12.0. The first-order valence-corrected chi connectivity index (χ1v) is 7.49. The van der Waals surface area contributed by atoms with Crippen LogP contribution >= 0.6 is 0 Å². The predicted molar refractivity (Wildman–Crippen MR) is 91.9 cm³/mol. The molecule has 1 aromatic heterocycles. The van der Waals surface area contributed by atoms with Crippen LogP contribution in [0, 0.1) is 0 Å². The number of carbonyl (C=O) groups is 2. The second-order valence-electron chi connectivity index (χ2n) is 5.22. The van der Waals surface area contributed by atoms with Gasteiger partial charge in [-0.25, -0.2) is 0 Å². The molecule has 1 heterocycles. The monoisotopic (exact) mass is 320 g/mol. The number of hydrogen-bond donors (Lipinski definition) is 2. The van der Waals surface area contributed by atoms with Crippen molar-refractivity contribution >= 4 is 23.2 Å². The first-order chi connectivity index (χ1) is 11.7. The Bertz CT molecular complexity index is 810. The van der Waals surface area contributed by atoms with Gasteiger partial charge in [0.2, 0.25) is 5.91 Å². The summed E-state index contributed by atoms with van der Waals surface area (Å²) >= 11 is 0. The summed E-state index contributed by atoms with van der Waals surface area (Å²) in [5.74, 6) is -0.162. The second-order valence-corrected chi connectivity index (χ2v) is 5.22. The standard InChI is InChI=1S/C19H16N2O3/c22-18(13-14-5-2-1-3-6-14)20-15-8-10-16(11-9-15)21-19(23)17-7-4-12-24-17/h1-12H,13H2,(H,20,22)(H,21,23). The molecule has 2 aromatic carbocycles. The Morgan fingerprint density at radius 2 is 1.46 bits per heavy atom. The molecule has 3 rings (SSSR count). The number of rotatable bonds is 5. The van der Waals surface area contributed by atoms with E-state index < -0.39 is 0 Å². The minimum absolute atomic E-state index is 0.0893. The molecule has 2 amide bonds. The summed E-state index contributed by atoms with van der Waals surface area (Å²) in [5.41, 5.74) is 2.25. The maximum Gasteiger partial charge on any atom is 0.291 e.